The van der Waals surface area contributed by atoms with Crippen molar-refractivity contribution in [2.45, 2.75) is 50.6 Å². The quantitative estimate of drug-likeness (QED) is 0.749. The van der Waals surface area contributed by atoms with Crippen LogP contribution in [0.4, 0.5) is 5.69 Å². The van der Waals surface area contributed by atoms with Crippen LogP contribution < -0.4 is 10.6 Å². The Morgan fingerprint density at radius 2 is 1.90 bits per heavy atom. The second kappa shape index (κ2) is 6.80. The van der Waals surface area contributed by atoms with Crippen LogP contribution in [-0.2, 0) is 0 Å². The van der Waals surface area contributed by atoms with E-state index in [1.165, 1.54) is 50.8 Å². The van der Waals surface area contributed by atoms with Crippen LogP contribution in [0.25, 0.3) is 0 Å². The molecule has 2 aliphatic rings. The van der Waals surface area contributed by atoms with Gasteiger partial charge < -0.3 is 10.6 Å². The van der Waals surface area contributed by atoms with Gasteiger partial charge in [0.05, 0.1) is 0 Å². The molecular weight excluding hydrogens is 380 g/mol. The van der Waals surface area contributed by atoms with Gasteiger partial charge in [0.2, 0.25) is 0 Å². The van der Waals surface area contributed by atoms with Crippen molar-refractivity contribution < 1.29 is 0 Å². The lowest BCUT2D eigenvalue weighted by atomic mass is 9.79. The first kappa shape index (κ1) is 14.9. The van der Waals surface area contributed by atoms with Crippen molar-refractivity contribution >= 4 is 37.5 Å². The molecule has 0 amide bonds. The Morgan fingerprint density at radius 1 is 1.05 bits per heavy atom. The average molecular weight is 402 g/mol. The summed E-state index contributed by atoms with van der Waals surface area (Å²) >= 11 is 7.23. The van der Waals surface area contributed by atoms with E-state index in [4.69, 9.17) is 0 Å². The number of benzene rings is 1. The third-order valence-corrected chi connectivity index (χ3v) is 5.89. The van der Waals surface area contributed by atoms with Crippen molar-refractivity contribution in [2.75, 3.05) is 11.9 Å². The molecule has 1 aromatic rings. The van der Waals surface area contributed by atoms with Crippen LogP contribution >= 0.6 is 31.9 Å². The van der Waals surface area contributed by atoms with Gasteiger partial charge in [0, 0.05) is 26.7 Å². The molecule has 3 unspecified atom stereocenters. The Morgan fingerprint density at radius 3 is 2.70 bits per heavy atom. The van der Waals surface area contributed by atoms with Crippen molar-refractivity contribution in [3.8, 4) is 0 Å². The molecule has 1 aromatic carbocycles. The summed E-state index contributed by atoms with van der Waals surface area (Å²) in [5, 5.41) is 7.51. The van der Waals surface area contributed by atoms with Gasteiger partial charge in [0.25, 0.3) is 0 Å². The average Bonchev–Trinajstić information content (AvgIpc) is 2.97. The predicted molar refractivity (Wildman–Crippen MR) is 92.2 cm³/mol. The second-order valence-corrected chi connectivity index (χ2v) is 7.80. The fourth-order valence-electron chi connectivity index (χ4n) is 3.71. The molecule has 4 heteroatoms. The molecule has 1 aliphatic carbocycles. The van der Waals surface area contributed by atoms with E-state index in [1.807, 2.05) is 0 Å². The Bertz CT molecular complexity index is 458. The smallest absolute Gasteiger partial charge is 0.0498 e. The molecule has 1 saturated heterocycles. The van der Waals surface area contributed by atoms with Crippen molar-refractivity contribution in [2.24, 2.45) is 5.92 Å². The van der Waals surface area contributed by atoms with Crippen LogP contribution in [0.1, 0.15) is 38.5 Å². The standard InChI is InChI=1S/C16H22Br2N2/c17-11-7-8-13(18)16(10-11)20-15-5-2-1-4-12(15)14-6-3-9-19-14/h7-8,10,12,14-15,19-20H,1-6,9H2. The number of halogens is 2. The molecule has 110 valence electrons. The summed E-state index contributed by atoms with van der Waals surface area (Å²) in [6, 6.07) is 7.69. The van der Waals surface area contributed by atoms with Gasteiger partial charge >= 0.3 is 0 Å². The molecule has 3 rings (SSSR count). The van der Waals surface area contributed by atoms with Crippen molar-refractivity contribution in [3.05, 3.63) is 27.1 Å². The third-order valence-electron chi connectivity index (χ3n) is 4.70. The van der Waals surface area contributed by atoms with E-state index in [0.717, 1.165) is 20.9 Å². The molecule has 0 radical (unpaired) electrons. The van der Waals surface area contributed by atoms with Crippen LogP contribution in [0.5, 0.6) is 0 Å². The third kappa shape index (κ3) is 3.40. The van der Waals surface area contributed by atoms with E-state index in [2.05, 4.69) is 60.7 Å². The van der Waals surface area contributed by atoms with Crippen LogP contribution in [-0.4, -0.2) is 18.6 Å². The summed E-state index contributed by atoms with van der Waals surface area (Å²) in [5.41, 5.74) is 1.22. The van der Waals surface area contributed by atoms with Gasteiger partial charge in [0.1, 0.15) is 0 Å². The zero-order valence-electron chi connectivity index (χ0n) is 11.7. The maximum atomic E-state index is 3.80. The lowest BCUT2D eigenvalue weighted by Gasteiger charge is -2.37. The minimum absolute atomic E-state index is 0.602. The highest BCUT2D eigenvalue weighted by molar-refractivity contribution is 9.11. The number of anilines is 1. The van der Waals surface area contributed by atoms with Crippen molar-refractivity contribution in [1.82, 2.24) is 5.32 Å². The molecule has 0 aromatic heterocycles. The normalized spacial score (nSPS) is 30.4. The van der Waals surface area contributed by atoms with E-state index in [0.29, 0.717) is 6.04 Å². The molecule has 2 nitrogen and oxygen atoms in total. The molecule has 2 fully saturated rings. The van der Waals surface area contributed by atoms with Gasteiger partial charge in [-0.15, -0.1) is 0 Å². The minimum Gasteiger partial charge on any atom is -0.381 e. The second-order valence-electron chi connectivity index (χ2n) is 6.03. The topological polar surface area (TPSA) is 24.1 Å². The summed E-state index contributed by atoms with van der Waals surface area (Å²) in [7, 11) is 0. The fourth-order valence-corrected chi connectivity index (χ4v) is 4.43. The maximum absolute atomic E-state index is 3.80. The van der Waals surface area contributed by atoms with Gasteiger partial charge in [-0.3, -0.25) is 0 Å². The molecule has 0 spiro atoms. The SMILES string of the molecule is Brc1ccc(Br)c(NC2CCCCC2C2CCCN2)c1. The highest BCUT2D eigenvalue weighted by Crippen LogP contribution is 2.35. The zero-order valence-corrected chi connectivity index (χ0v) is 14.8. The first-order chi connectivity index (χ1) is 9.74. The summed E-state index contributed by atoms with van der Waals surface area (Å²) in [6.45, 7) is 1.20. The Hall–Kier alpha value is -0.0600. The first-order valence-electron chi connectivity index (χ1n) is 7.69. The maximum Gasteiger partial charge on any atom is 0.0498 e. The molecule has 1 saturated carbocycles. The van der Waals surface area contributed by atoms with Gasteiger partial charge in [-0.2, -0.15) is 0 Å². The zero-order chi connectivity index (χ0) is 13.9. The van der Waals surface area contributed by atoms with Crippen LogP contribution in [0.3, 0.4) is 0 Å². The first-order valence-corrected chi connectivity index (χ1v) is 9.27. The number of hydrogen-bond donors (Lipinski definition) is 2. The molecule has 20 heavy (non-hydrogen) atoms. The highest BCUT2D eigenvalue weighted by atomic mass is 79.9. The van der Waals surface area contributed by atoms with E-state index >= 15 is 0 Å². The van der Waals surface area contributed by atoms with E-state index in [-0.39, 0.29) is 0 Å². The fraction of sp³-hybridized carbons (Fsp3) is 0.625. The Balaban J connectivity index is 1.74. The summed E-state index contributed by atoms with van der Waals surface area (Å²) in [5.74, 6) is 0.775. The van der Waals surface area contributed by atoms with E-state index in [1.54, 1.807) is 0 Å². The summed E-state index contributed by atoms with van der Waals surface area (Å²) in [4.78, 5) is 0. The van der Waals surface area contributed by atoms with E-state index in [9.17, 15) is 0 Å². The Kier molecular flexibility index (Phi) is 5.05. The van der Waals surface area contributed by atoms with Gasteiger partial charge in [-0.1, -0.05) is 28.8 Å². The van der Waals surface area contributed by atoms with E-state index < -0.39 is 0 Å². The van der Waals surface area contributed by atoms with Crippen LogP contribution in [0, 0.1) is 5.92 Å². The molecule has 1 heterocycles. The Labute approximate surface area is 138 Å². The van der Waals surface area contributed by atoms with Crippen LogP contribution in [0.15, 0.2) is 27.1 Å². The van der Waals surface area contributed by atoms with Crippen LogP contribution in [0.2, 0.25) is 0 Å². The minimum atomic E-state index is 0.602. The van der Waals surface area contributed by atoms with Gasteiger partial charge in [-0.05, 0) is 72.3 Å². The highest BCUT2D eigenvalue weighted by Gasteiger charge is 2.33. The lowest BCUT2D eigenvalue weighted by molar-refractivity contribution is 0.262. The van der Waals surface area contributed by atoms with Gasteiger partial charge in [0.15, 0.2) is 0 Å². The molecule has 0 bridgehead atoms. The molecule has 1 aliphatic heterocycles. The summed E-state index contributed by atoms with van der Waals surface area (Å²) in [6.07, 6.45) is 8.09. The molecule has 3 atom stereocenters. The number of nitrogens with one attached hydrogen (secondary N) is 2. The predicted octanol–water partition coefficient (Wildman–Crippen LogP) is 4.93. The lowest BCUT2D eigenvalue weighted by Crippen LogP contribution is -2.43. The number of hydrogen-bond acceptors (Lipinski definition) is 2. The van der Waals surface area contributed by atoms with Gasteiger partial charge in [-0.25, -0.2) is 0 Å². The molecular formula is C16H22Br2N2. The summed E-state index contributed by atoms with van der Waals surface area (Å²) < 4.78 is 2.29. The van der Waals surface area contributed by atoms with Crippen molar-refractivity contribution in [1.29, 1.82) is 0 Å². The monoisotopic (exact) mass is 400 g/mol. The largest absolute Gasteiger partial charge is 0.381 e. The number of rotatable bonds is 3. The van der Waals surface area contributed by atoms with Crippen molar-refractivity contribution in [3.63, 3.8) is 0 Å². The molecule has 2 N–H and O–H groups in total.